The zero-order valence-electron chi connectivity index (χ0n) is 6.78. The van der Waals surface area contributed by atoms with Crippen LogP contribution in [0.25, 0.3) is 11.3 Å². The first-order valence-corrected chi connectivity index (χ1v) is 3.78. The zero-order chi connectivity index (χ0) is 8.39. The molecule has 3 nitrogen and oxygen atoms in total. The lowest BCUT2D eigenvalue weighted by Crippen LogP contribution is -1.80. The van der Waals surface area contributed by atoms with Crippen molar-refractivity contribution in [2.24, 2.45) is 0 Å². The fourth-order valence-electron chi connectivity index (χ4n) is 1.16. The molecule has 3 heteroatoms. The van der Waals surface area contributed by atoms with E-state index in [1.807, 2.05) is 19.1 Å². The van der Waals surface area contributed by atoms with Crippen molar-refractivity contribution in [3.63, 3.8) is 0 Å². The number of H-pyrrole nitrogens is 1. The van der Waals surface area contributed by atoms with Gasteiger partial charge in [0.25, 0.3) is 0 Å². The van der Waals surface area contributed by atoms with Crippen LogP contribution < -0.4 is 0 Å². The first-order valence-electron chi connectivity index (χ1n) is 3.78. The summed E-state index contributed by atoms with van der Waals surface area (Å²) in [6.07, 6.45) is 5.23. The van der Waals surface area contributed by atoms with Crippen molar-refractivity contribution in [2.75, 3.05) is 0 Å². The summed E-state index contributed by atoms with van der Waals surface area (Å²) < 4.78 is 0. The second kappa shape index (κ2) is 2.77. The minimum Gasteiger partial charge on any atom is -0.348 e. The van der Waals surface area contributed by atoms with Gasteiger partial charge in [-0.2, -0.15) is 0 Å². The largest absolute Gasteiger partial charge is 0.348 e. The van der Waals surface area contributed by atoms with Crippen LogP contribution in [0, 0.1) is 6.92 Å². The SMILES string of the molecule is Cc1[nH]cnc1-c1ccncc1. The summed E-state index contributed by atoms with van der Waals surface area (Å²) in [5, 5.41) is 0. The van der Waals surface area contributed by atoms with Gasteiger partial charge in [-0.15, -0.1) is 0 Å². The highest BCUT2D eigenvalue weighted by molar-refractivity contribution is 5.60. The quantitative estimate of drug-likeness (QED) is 0.689. The molecule has 60 valence electrons. The number of pyridine rings is 1. The molecule has 2 aromatic rings. The summed E-state index contributed by atoms with van der Waals surface area (Å²) in [5.74, 6) is 0. The maximum Gasteiger partial charge on any atom is 0.0929 e. The average Bonchev–Trinajstić information content (AvgIpc) is 2.53. The lowest BCUT2D eigenvalue weighted by atomic mass is 10.2. The predicted octanol–water partition coefficient (Wildman–Crippen LogP) is 1.78. The van der Waals surface area contributed by atoms with Crippen molar-refractivity contribution in [3.8, 4) is 11.3 Å². The maximum atomic E-state index is 4.20. The number of nitrogens with zero attached hydrogens (tertiary/aromatic N) is 2. The molecule has 0 unspecified atom stereocenters. The van der Waals surface area contributed by atoms with E-state index in [9.17, 15) is 0 Å². The third kappa shape index (κ3) is 1.09. The summed E-state index contributed by atoms with van der Waals surface area (Å²) in [6.45, 7) is 2.00. The van der Waals surface area contributed by atoms with Gasteiger partial charge in [0.2, 0.25) is 0 Å². The van der Waals surface area contributed by atoms with Crippen LogP contribution in [0.5, 0.6) is 0 Å². The van der Waals surface area contributed by atoms with Crippen molar-refractivity contribution < 1.29 is 0 Å². The van der Waals surface area contributed by atoms with Crippen LogP contribution in [0.2, 0.25) is 0 Å². The third-order valence-electron chi connectivity index (χ3n) is 1.78. The Kier molecular flexibility index (Phi) is 1.63. The number of rotatable bonds is 1. The number of aryl methyl sites for hydroxylation is 1. The van der Waals surface area contributed by atoms with Gasteiger partial charge >= 0.3 is 0 Å². The van der Waals surface area contributed by atoms with Crippen LogP contribution in [0.4, 0.5) is 0 Å². The molecule has 0 bridgehead atoms. The molecule has 0 radical (unpaired) electrons. The highest BCUT2D eigenvalue weighted by atomic mass is 14.9. The fourth-order valence-corrected chi connectivity index (χ4v) is 1.16. The van der Waals surface area contributed by atoms with Gasteiger partial charge in [-0.05, 0) is 19.1 Å². The molecule has 0 atom stereocenters. The number of hydrogen-bond donors (Lipinski definition) is 1. The van der Waals surface area contributed by atoms with Crippen molar-refractivity contribution in [3.05, 3.63) is 36.5 Å². The monoisotopic (exact) mass is 159 g/mol. The molecule has 0 aliphatic carbocycles. The molecule has 0 saturated heterocycles. The van der Waals surface area contributed by atoms with E-state index in [0.29, 0.717) is 0 Å². The Labute approximate surface area is 70.5 Å². The Morgan fingerprint density at radius 2 is 2.00 bits per heavy atom. The van der Waals surface area contributed by atoms with Crippen molar-refractivity contribution >= 4 is 0 Å². The Bertz CT molecular complexity index is 364. The predicted molar refractivity (Wildman–Crippen MR) is 46.6 cm³/mol. The molecule has 0 amide bonds. The van der Waals surface area contributed by atoms with E-state index in [1.54, 1.807) is 18.7 Å². The van der Waals surface area contributed by atoms with Gasteiger partial charge in [-0.1, -0.05) is 0 Å². The van der Waals surface area contributed by atoms with E-state index >= 15 is 0 Å². The molecule has 12 heavy (non-hydrogen) atoms. The summed E-state index contributed by atoms with van der Waals surface area (Å²) in [4.78, 5) is 11.2. The number of imidazole rings is 1. The minimum atomic E-state index is 0.998. The van der Waals surface area contributed by atoms with Crippen LogP contribution >= 0.6 is 0 Å². The second-order valence-electron chi connectivity index (χ2n) is 2.61. The average molecular weight is 159 g/mol. The Morgan fingerprint density at radius 3 is 2.58 bits per heavy atom. The molecule has 0 fully saturated rings. The summed E-state index contributed by atoms with van der Waals surface area (Å²) >= 11 is 0. The fraction of sp³-hybridized carbons (Fsp3) is 0.111. The number of hydrogen-bond acceptors (Lipinski definition) is 2. The standard InChI is InChI=1S/C9H9N3/c1-7-9(12-6-11-7)8-2-4-10-5-3-8/h2-6H,1H3,(H,11,12). The van der Waals surface area contributed by atoms with Crippen LogP contribution in [0.1, 0.15) is 5.69 Å². The molecule has 1 N–H and O–H groups in total. The van der Waals surface area contributed by atoms with Crippen molar-refractivity contribution in [2.45, 2.75) is 6.92 Å². The van der Waals surface area contributed by atoms with Crippen LogP contribution in [-0.4, -0.2) is 15.0 Å². The van der Waals surface area contributed by atoms with E-state index in [1.165, 1.54) is 0 Å². The number of aromatic nitrogens is 3. The topological polar surface area (TPSA) is 41.6 Å². The Morgan fingerprint density at radius 1 is 1.25 bits per heavy atom. The smallest absolute Gasteiger partial charge is 0.0929 e. The van der Waals surface area contributed by atoms with Crippen molar-refractivity contribution in [1.29, 1.82) is 0 Å². The minimum absolute atomic E-state index is 0.998. The van der Waals surface area contributed by atoms with Gasteiger partial charge in [0, 0.05) is 23.7 Å². The Balaban J connectivity index is 2.51. The van der Waals surface area contributed by atoms with Crippen LogP contribution in [-0.2, 0) is 0 Å². The number of nitrogens with one attached hydrogen (secondary N) is 1. The van der Waals surface area contributed by atoms with Crippen LogP contribution in [0.3, 0.4) is 0 Å². The summed E-state index contributed by atoms with van der Waals surface area (Å²) in [6, 6.07) is 3.90. The molecular weight excluding hydrogens is 150 g/mol. The van der Waals surface area contributed by atoms with Gasteiger partial charge in [0.15, 0.2) is 0 Å². The molecule has 0 aliphatic heterocycles. The normalized spacial score (nSPS) is 10.1. The van der Waals surface area contributed by atoms with Gasteiger partial charge in [-0.3, -0.25) is 4.98 Å². The second-order valence-corrected chi connectivity index (χ2v) is 2.61. The lowest BCUT2D eigenvalue weighted by molar-refractivity contribution is 1.25. The molecule has 2 rings (SSSR count). The molecule has 0 aliphatic rings. The van der Waals surface area contributed by atoms with E-state index in [-0.39, 0.29) is 0 Å². The number of aromatic amines is 1. The molecular formula is C9H9N3. The molecule has 0 spiro atoms. The third-order valence-corrected chi connectivity index (χ3v) is 1.78. The lowest BCUT2D eigenvalue weighted by Gasteiger charge is -1.95. The van der Waals surface area contributed by atoms with Gasteiger partial charge in [0.1, 0.15) is 0 Å². The molecule has 2 aromatic heterocycles. The molecule has 0 saturated carbocycles. The van der Waals surface area contributed by atoms with Gasteiger partial charge in [0.05, 0.1) is 12.0 Å². The highest BCUT2D eigenvalue weighted by Gasteiger charge is 2.01. The first-order chi connectivity index (χ1) is 5.88. The summed E-state index contributed by atoms with van der Waals surface area (Å²) in [5.41, 5.74) is 3.18. The molecule has 0 aromatic carbocycles. The van der Waals surface area contributed by atoms with E-state index < -0.39 is 0 Å². The van der Waals surface area contributed by atoms with Gasteiger partial charge in [-0.25, -0.2) is 4.98 Å². The zero-order valence-corrected chi connectivity index (χ0v) is 6.78. The van der Waals surface area contributed by atoms with E-state index in [2.05, 4.69) is 15.0 Å². The van der Waals surface area contributed by atoms with E-state index in [4.69, 9.17) is 0 Å². The summed E-state index contributed by atoms with van der Waals surface area (Å²) in [7, 11) is 0. The Hall–Kier alpha value is -1.64. The van der Waals surface area contributed by atoms with Crippen LogP contribution in [0.15, 0.2) is 30.9 Å². The molecule has 2 heterocycles. The first kappa shape index (κ1) is 7.03. The highest BCUT2D eigenvalue weighted by Crippen LogP contribution is 2.17. The van der Waals surface area contributed by atoms with Gasteiger partial charge < -0.3 is 4.98 Å². The van der Waals surface area contributed by atoms with Crippen molar-refractivity contribution in [1.82, 2.24) is 15.0 Å². The maximum absolute atomic E-state index is 4.20. The van der Waals surface area contributed by atoms with E-state index in [0.717, 1.165) is 17.0 Å².